The number of rotatable bonds is 6. The van der Waals surface area contributed by atoms with Crippen LogP contribution < -0.4 is 0 Å². The van der Waals surface area contributed by atoms with Crippen LogP contribution in [0.5, 0.6) is 0 Å². The van der Waals surface area contributed by atoms with E-state index in [0.717, 1.165) is 42.8 Å². The fourth-order valence-electron chi connectivity index (χ4n) is 3.11. The van der Waals surface area contributed by atoms with Gasteiger partial charge in [0.2, 0.25) is 0 Å². The summed E-state index contributed by atoms with van der Waals surface area (Å²) < 4.78 is 0. The normalized spacial score (nSPS) is 19.0. The van der Waals surface area contributed by atoms with Crippen LogP contribution in [0, 0.1) is 5.92 Å². The van der Waals surface area contributed by atoms with Crippen molar-refractivity contribution in [3.63, 3.8) is 0 Å². The number of aryl methyl sites for hydroxylation is 1. The number of hydrogen-bond donors (Lipinski definition) is 1. The van der Waals surface area contributed by atoms with Crippen LogP contribution in [0.3, 0.4) is 0 Å². The number of aliphatic hydroxyl groups is 1. The second-order valence-electron chi connectivity index (χ2n) is 7.23. The van der Waals surface area contributed by atoms with Crippen LogP contribution in [-0.4, -0.2) is 46.6 Å². The molecule has 128 valence electrons. The number of nitrogens with zero attached hydrogens (tertiary/aromatic N) is 1. The molecule has 1 aliphatic rings. The summed E-state index contributed by atoms with van der Waals surface area (Å²) in [5, 5.41) is 9.86. The van der Waals surface area contributed by atoms with Gasteiger partial charge in [-0.3, -0.25) is 4.79 Å². The number of amides is 1. The lowest BCUT2D eigenvalue weighted by Crippen LogP contribution is -2.40. The fraction of sp³-hybridized carbons (Fsp3) is 0.632. The Morgan fingerprint density at radius 1 is 1.43 bits per heavy atom. The maximum absolute atomic E-state index is 12.8. The van der Waals surface area contributed by atoms with Gasteiger partial charge in [0.15, 0.2) is 0 Å². The van der Waals surface area contributed by atoms with Crippen molar-refractivity contribution in [3.8, 4) is 0 Å². The summed E-state index contributed by atoms with van der Waals surface area (Å²) in [5.74, 6) is 1.91. The topological polar surface area (TPSA) is 40.5 Å². The number of carbonyl (C=O) groups excluding carboxylic acids is 1. The van der Waals surface area contributed by atoms with Gasteiger partial charge in [-0.15, -0.1) is 0 Å². The van der Waals surface area contributed by atoms with Gasteiger partial charge in [-0.2, -0.15) is 11.8 Å². The fourth-order valence-corrected chi connectivity index (χ4v) is 3.86. The van der Waals surface area contributed by atoms with E-state index < -0.39 is 5.60 Å². The van der Waals surface area contributed by atoms with Crippen molar-refractivity contribution < 1.29 is 9.90 Å². The third kappa shape index (κ3) is 5.85. The van der Waals surface area contributed by atoms with E-state index in [1.165, 1.54) is 6.42 Å². The minimum Gasteiger partial charge on any atom is -0.390 e. The lowest BCUT2D eigenvalue weighted by Gasteiger charge is -2.32. The van der Waals surface area contributed by atoms with Crippen LogP contribution in [-0.2, 0) is 6.42 Å². The van der Waals surface area contributed by atoms with E-state index in [1.54, 1.807) is 0 Å². The highest BCUT2D eigenvalue weighted by atomic mass is 32.2. The quantitative estimate of drug-likeness (QED) is 0.863. The zero-order valence-electron chi connectivity index (χ0n) is 14.5. The first kappa shape index (κ1) is 18.3. The molecular formula is C19H29NO2S. The third-order valence-corrected chi connectivity index (χ3v) is 5.21. The Morgan fingerprint density at radius 3 is 2.91 bits per heavy atom. The van der Waals surface area contributed by atoms with Crippen molar-refractivity contribution in [1.82, 2.24) is 4.90 Å². The predicted octanol–water partition coefficient (Wildman–Crippen LogP) is 3.61. The largest absolute Gasteiger partial charge is 0.390 e. The molecule has 1 N–H and O–H groups in total. The summed E-state index contributed by atoms with van der Waals surface area (Å²) in [5.41, 5.74) is 1.23. The van der Waals surface area contributed by atoms with E-state index >= 15 is 0 Å². The first-order valence-electron chi connectivity index (χ1n) is 8.48. The molecule has 1 heterocycles. The van der Waals surface area contributed by atoms with E-state index in [4.69, 9.17) is 0 Å². The average molecular weight is 336 g/mol. The zero-order chi connectivity index (χ0) is 16.9. The minimum absolute atomic E-state index is 0.154. The highest BCUT2D eigenvalue weighted by Crippen LogP contribution is 2.22. The molecule has 0 saturated carbocycles. The van der Waals surface area contributed by atoms with E-state index in [1.807, 2.05) is 54.8 Å². The smallest absolute Gasteiger partial charge is 0.253 e. The van der Waals surface area contributed by atoms with Gasteiger partial charge in [0.05, 0.1) is 5.60 Å². The van der Waals surface area contributed by atoms with Gasteiger partial charge >= 0.3 is 0 Å². The van der Waals surface area contributed by atoms with Crippen LogP contribution in [0.4, 0.5) is 0 Å². The highest BCUT2D eigenvalue weighted by Gasteiger charge is 2.24. The molecule has 1 aliphatic heterocycles. The molecule has 0 aromatic heterocycles. The van der Waals surface area contributed by atoms with Gasteiger partial charge in [-0.25, -0.2) is 0 Å². The Hall–Kier alpha value is -1.00. The number of likely N-dealkylation sites (tertiary alicyclic amines) is 1. The van der Waals surface area contributed by atoms with Crippen molar-refractivity contribution in [2.24, 2.45) is 5.92 Å². The van der Waals surface area contributed by atoms with Crippen molar-refractivity contribution in [1.29, 1.82) is 0 Å². The standard InChI is InChI=1S/C19H29NO2S/c1-19(2,22)10-9-15-6-4-8-17(12-15)18(21)20-11-5-7-16(13-20)14-23-3/h4,6,8,12,16,22H,5,7,9-11,13-14H2,1-3H3/t16-/m1/s1. The van der Waals surface area contributed by atoms with Crippen LogP contribution in [0.1, 0.15) is 49.0 Å². The summed E-state index contributed by atoms with van der Waals surface area (Å²) in [4.78, 5) is 14.8. The van der Waals surface area contributed by atoms with E-state index in [2.05, 4.69) is 6.26 Å². The van der Waals surface area contributed by atoms with Crippen molar-refractivity contribution in [2.45, 2.75) is 45.1 Å². The molecule has 23 heavy (non-hydrogen) atoms. The predicted molar refractivity (Wildman–Crippen MR) is 98.1 cm³/mol. The third-order valence-electron chi connectivity index (χ3n) is 4.41. The molecule has 0 spiro atoms. The Kier molecular flexibility index (Phi) is 6.54. The maximum Gasteiger partial charge on any atom is 0.253 e. The van der Waals surface area contributed by atoms with Crippen LogP contribution >= 0.6 is 11.8 Å². The Labute approximate surface area is 144 Å². The molecule has 1 saturated heterocycles. The van der Waals surface area contributed by atoms with Gasteiger partial charge in [-0.05, 0) is 75.2 Å². The average Bonchev–Trinajstić information content (AvgIpc) is 2.52. The van der Waals surface area contributed by atoms with Crippen molar-refractivity contribution in [2.75, 3.05) is 25.1 Å². The maximum atomic E-state index is 12.8. The van der Waals surface area contributed by atoms with Gasteiger partial charge in [0.1, 0.15) is 0 Å². The van der Waals surface area contributed by atoms with Crippen LogP contribution in [0.2, 0.25) is 0 Å². The van der Waals surface area contributed by atoms with E-state index in [9.17, 15) is 9.90 Å². The molecule has 0 radical (unpaired) electrons. The number of carbonyl (C=O) groups is 1. The van der Waals surface area contributed by atoms with Gasteiger partial charge in [-0.1, -0.05) is 12.1 Å². The molecule has 1 aromatic rings. The molecule has 3 nitrogen and oxygen atoms in total. The van der Waals surface area contributed by atoms with Gasteiger partial charge in [0.25, 0.3) is 5.91 Å². The molecule has 1 aromatic carbocycles. The second kappa shape index (κ2) is 8.20. The summed E-state index contributed by atoms with van der Waals surface area (Å²) >= 11 is 1.87. The minimum atomic E-state index is -0.669. The van der Waals surface area contributed by atoms with Crippen molar-refractivity contribution in [3.05, 3.63) is 35.4 Å². The molecule has 4 heteroatoms. The van der Waals surface area contributed by atoms with Gasteiger partial charge < -0.3 is 10.0 Å². The summed E-state index contributed by atoms with van der Waals surface area (Å²) in [7, 11) is 0. The summed E-state index contributed by atoms with van der Waals surface area (Å²) in [6.45, 7) is 5.40. The van der Waals surface area contributed by atoms with Crippen molar-refractivity contribution >= 4 is 17.7 Å². The molecular weight excluding hydrogens is 306 g/mol. The molecule has 2 rings (SSSR count). The second-order valence-corrected chi connectivity index (χ2v) is 8.14. The van der Waals surface area contributed by atoms with Crippen LogP contribution in [0.15, 0.2) is 24.3 Å². The molecule has 1 atom stereocenters. The lowest BCUT2D eigenvalue weighted by atomic mass is 9.96. The van der Waals surface area contributed by atoms with Gasteiger partial charge in [0, 0.05) is 18.7 Å². The summed E-state index contributed by atoms with van der Waals surface area (Å²) in [6.07, 6.45) is 5.96. The number of thioether (sulfide) groups is 1. The van der Waals surface area contributed by atoms with E-state index in [0.29, 0.717) is 12.3 Å². The Balaban J connectivity index is 2.01. The van der Waals surface area contributed by atoms with E-state index in [-0.39, 0.29) is 5.91 Å². The highest BCUT2D eigenvalue weighted by molar-refractivity contribution is 7.98. The number of piperidine rings is 1. The lowest BCUT2D eigenvalue weighted by molar-refractivity contribution is 0.0685. The zero-order valence-corrected chi connectivity index (χ0v) is 15.4. The first-order valence-corrected chi connectivity index (χ1v) is 9.88. The molecule has 0 aliphatic carbocycles. The molecule has 0 bridgehead atoms. The molecule has 1 amide bonds. The first-order chi connectivity index (χ1) is 10.9. The summed E-state index contributed by atoms with van der Waals surface area (Å²) in [6, 6.07) is 7.89. The monoisotopic (exact) mass is 335 g/mol. The Bertz CT molecular complexity index is 522. The number of benzene rings is 1. The van der Waals surface area contributed by atoms with Crippen LogP contribution in [0.25, 0.3) is 0 Å². The Morgan fingerprint density at radius 2 is 2.22 bits per heavy atom. The molecule has 1 fully saturated rings. The molecule has 0 unspecified atom stereocenters. The SMILES string of the molecule is CSC[C@@H]1CCCN(C(=O)c2cccc(CCC(C)(C)O)c2)C1. The number of hydrogen-bond acceptors (Lipinski definition) is 3.